The van der Waals surface area contributed by atoms with Gasteiger partial charge < -0.3 is 54.2 Å². The number of hydrogen-bond acceptors (Lipinski definition) is 12. The maximum absolute atomic E-state index is 12.2. The highest BCUT2D eigenvalue weighted by atomic mass is 16.7. The van der Waals surface area contributed by atoms with Crippen molar-refractivity contribution in [3.63, 3.8) is 0 Å². The standard InChI is InChI=1S/C27H39NO11/c1-3-35-20(31)5-4-16-14-17-8-12-36-21(17)23(37-13-10-28-2)22(16)39-25-27(34)18(7-11-29)6-9-26(33,24(27)32)19(15-30)38-25/h8,12,14,18-19,24-25,28-30,32-34H,3-7,9-11,13,15H2,1-2H3/t18-,19+,24-,25-,26+,27+/m0/s1. The first kappa shape index (κ1) is 29.5. The molecule has 1 aliphatic heterocycles. The van der Waals surface area contributed by atoms with Gasteiger partial charge in [0.2, 0.25) is 12.0 Å². The van der Waals surface area contributed by atoms with Crippen molar-refractivity contribution in [2.24, 2.45) is 5.92 Å². The second-order valence-electron chi connectivity index (χ2n) is 10.1. The van der Waals surface area contributed by atoms with Crippen LogP contribution >= 0.6 is 0 Å². The van der Waals surface area contributed by atoms with Crippen molar-refractivity contribution in [3.8, 4) is 11.5 Å². The van der Waals surface area contributed by atoms with E-state index in [0.29, 0.717) is 23.1 Å². The van der Waals surface area contributed by atoms with Crippen LogP contribution < -0.4 is 14.8 Å². The minimum Gasteiger partial charge on any atom is -0.485 e. The number of carbonyl (C=O) groups excluding carboxylic acids is 1. The van der Waals surface area contributed by atoms with Crippen LogP contribution in [0.2, 0.25) is 0 Å². The third-order valence-electron chi connectivity index (χ3n) is 7.78. The molecule has 2 aliphatic rings. The van der Waals surface area contributed by atoms with Crippen LogP contribution in [0.15, 0.2) is 22.8 Å². The van der Waals surface area contributed by atoms with E-state index < -0.39 is 48.2 Å². The van der Waals surface area contributed by atoms with Crippen molar-refractivity contribution in [2.75, 3.05) is 40.0 Å². The number of aliphatic hydroxyl groups is 5. The Morgan fingerprint density at radius 3 is 2.74 bits per heavy atom. The fraction of sp³-hybridized carbons (Fsp3) is 0.667. The van der Waals surface area contributed by atoms with E-state index in [2.05, 4.69) is 5.32 Å². The van der Waals surface area contributed by atoms with Crippen LogP contribution in [0.5, 0.6) is 11.5 Å². The van der Waals surface area contributed by atoms with Gasteiger partial charge in [0.25, 0.3) is 0 Å². The summed E-state index contributed by atoms with van der Waals surface area (Å²) < 4.78 is 29.1. The van der Waals surface area contributed by atoms with Crippen LogP contribution in [0.4, 0.5) is 0 Å². The lowest BCUT2D eigenvalue weighted by Crippen LogP contribution is -2.78. The van der Waals surface area contributed by atoms with Crippen LogP contribution in [0, 0.1) is 5.92 Å². The molecule has 218 valence electrons. The van der Waals surface area contributed by atoms with Crippen molar-refractivity contribution < 1.29 is 53.7 Å². The molecule has 2 bridgehead atoms. The Morgan fingerprint density at radius 2 is 2.05 bits per heavy atom. The molecule has 1 saturated heterocycles. The molecule has 0 unspecified atom stereocenters. The summed E-state index contributed by atoms with van der Waals surface area (Å²) in [5.41, 5.74) is -3.15. The summed E-state index contributed by atoms with van der Waals surface area (Å²) in [7, 11) is 1.77. The lowest BCUT2D eigenvalue weighted by molar-refractivity contribution is -0.380. The molecule has 1 aromatic heterocycles. The Hall–Kier alpha value is -2.45. The number of aliphatic hydroxyl groups excluding tert-OH is 3. The molecule has 4 rings (SSSR count). The average molecular weight is 554 g/mol. The van der Waals surface area contributed by atoms with E-state index in [1.807, 2.05) is 0 Å². The minimum atomic E-state index is -2.14. The SMILES string of the molecule is CCOC(=O)CCc1cc2ccoc2c(OCCNC)c1O[C@@H]1O[C@H](CO)[C@]2(O)CC[C@@H](CCO)[C@@]1(O)[C@H]2O. The van der Waals surface area contributed by atoms with Crippen LogP contribution in [0.3, 0.4) is 0 Å². The van der Waals surface area contributed by atoms with E-state index >= 15 is 0 Å². The number of hydrogen-bond donors (Lipinski definition) is 6. The van der Waals surface area contributed by atoms with Gasteiger partial charge in [-0.25, -0.2) is 0 Å². The van der Waals surface area contributed by atoms with E-state index in [1.54, 1.807) is 26.1 Å². The molecule has 0 amide bonds. The molecule has 2 fully saturated rings. The van der Waals surface area contributed by atoms with Crippen molar-refractivity contribution in [1.82, 2.24) is 5.32 Å². The highest BCUT2D eigenvalue weighted by molar-refractivity contribution is 5.87. The second kappa shape index (κ2) is 12.4. The molecular weight excluding hydrogens is 514 g/mol. The minimum absolute atomic E-state index is 0.0358. The lowest BCUT2D eigenvalue weighted by atomic mass is 9.61. The smallest absolute Gasteiger partial charge is 0.306 e. The largest absolute Gasteiger partial charge is 0.485 e. The van der Waals surface area contributed by atoms with Crippen LogP contribution in [-0.2, 0) is 20.7 Å². The highest BCUT2D eigenvalue weighted by Gasteiger charge is 2.68. The van der Waals surface area contributed by atoms with Gasteiger partial charge in [-0.15, -0.1) is 0 Å². The molecule has 2 heterocycles. The molecular formula is C27H39NO11. The Labute approximate surface area is 226 Å². The summed E-state index contributed by atoms with van der Waals surface area (Å²) in [6, 6.07) is 3.51. The molecule has 1 aliphatic carbocycles. The third-order valence-corrected chi connectivity index (χ3v) is 7.78. The number of aryl methyl sites for hydroxylation is 1. The predicted octanol–water partition coefficient (Wildman–Crippen LogP) is 0.238. The van der Waals surface area contributed by atoms with Gasteiger partial charge >= 0.3 is 5.97 Å². The van der Waals surface area contributed by atoms with Gasteiger partial charge in [0.05, 0.1) is 19.5 Å². The molecule has 12 nitrogen and oxygen atoms in total. The van der Waals surface area contributed by atoms with E-state index in [0.717, 1.165) is 0 Å². The molecule has 39 heavy (non-hydrogen) atoms. The molecule has 0 radical (unpaired) electrons. The number of ether oxygens (including phenoxy) is 4. The van der Waals surface area contributed by atoms with Crippen molar-refractivity contribution >= 4 is 16.9 Å². The number of nitrogens with one attached hydrogen (secondary N) is 1. The van der Waals surface area contributed by atoms with Crippen LogP contribution in [-0.4, -0.2) is 101 Å². The first-order valence-electron chi connectivity index (χ1n) is 13.4. The highest BCUT2D eigenvalue weighted by Crippen LogP contribution is 2.51. The van der Waals surface area contributed by atoms with E-state index in [4.69, 9.17) is 23.4 Å². The summed E-state index contributed by atoms with van der Waals surface area (Å²) in [5, 5.41) is 57.8. The zero-order valence-electron chi connectivity index (χ0n) is 22.3. The third kappa shape index (κ3) is 5.47. The fourth-order valence-electron chi connectivity index (χ4n) is 5.68. The number of rotatable bonds is 13. The Morgan fingerprint density at radius 1 is 1.26 bits per heavy atom. The average Bonchev–Trinajstić information content (AvgIpc) is 3.39. The number of carbonyl (C=O) groups is 1. The molecule has 12 heteroatoms. The lowest BCUT2D eigenvalue weighted by Gasteiger charge is -2.59. The number of furan rings is 1. The normalized spacial score (nSPS) is 30.3. The molecule has 0 spiro atoms. The zero-order valence-corrected chi connectivity index (χ0v) is 22.3. The van der Waals surface area contributed by atoms with Crippen molar-refractivity contribution in [3.05, 3.63) is 24.0 Å². The summed E-state index contributed by atoms with van der Waals surface area (Å²) >= 11 is 0. The van der Waals surface area contributed by atoms with Gasteiger partial charge in [0.15, 0.2) is 16.9 Å². The number of likely N-dealkylation sites (N-methyl/N-ethyl adjacent to an activating group) is 1. The molecule has 6 atom stereocenters. The first-order valence-corrected chi connectivity index (χ1v) is 13.4. The topological polar surface area (TPSA) is 180 Å². The Balaban J connectivity index is 1.80. The fourth-order valence-corrected chi connectivity index (χ4v) is 5.68. The second-order valence-corrected chi connectivity index (χ2v) is 10.1. The van der Waals surface area contributed by atoms with Crippen LogP contribution in [0.25, 0.3) is 11.0 Å². The molecule has 6 N–H and O–H groups in total. The van der Waals surface area contributed by atoms with Gasteiger partial charge in [0.1, 0.15) is 24.4 Å². The van der Waals surface area contributed by atoms with Crippen molar-refractivity contribution in [2.45, 2.75) is 68.7 Å². The number of fused-ring (bicyclic) bond motifs is 3. The summed E-state index contributed by atoms with van der Waals surface area (Å²) in [5.74, 6) is -0.758. The van der Waals surface area contributed by atoms with Gasteiger partial charge in [-0.1, -0.05) is 0 Å². The van der Waals surface area contributed by atoms with Gasteiger partial charge in [-0.3, -0.25) is 4.79 Å². The predicted molar refractivity (Wildman–Crippen MR) is 137 cm³/mol. The van der Waals surface area contributed by atoms with Gasteiger partial charge in [-0.05, 0) is 63.3 Å². The number of esters is 1. The van der Waals surface area contributed by atoms with E-state index in [1.165, 1.54) is 6.26 Å². The monoisotopic (exact) mass is 553 g/mol. The molecule has 2 aromatic rings. The molecule has 1 saturated carbocycles. The van der Waals surface area contributed by atoms with Crippen LogP contribution in [0.1, 0.15) is 38.2 Å². The summed E-state index contributed by atoms with van der Waals surface area (Å²) in [6.07, 6.45) is -2.41. The maximum Gasteiger partial charge on any atom is 0.306 e. The van der Waals surface area contributed by atoms with Gasteiger partial charge in [0, 0.05) is 25.0 Å². The number of benzene rings is 1. The van der Waals surface area contributed by atoms with Crippen molar-refractivity contribution in [1.29, 1.82) is 0 Å². The zero-order chi connectivity index (χ0) is 28.2. The Kier molecular flexibility index (Phi) is 9.37. The van der Waals surface area contributed by atoms with Gasteiger partial charge in [-0.2, -0.15) is 0 Å². The maximum atomic E-state index is 12.2. The quantitative estimate of drug-likeness (QED) is 0.147. The summed E-state index contributed by atoms with van der Waals surface area (Å²) in [4.78, 5) is 12.2. The first-order chi connectivity index (χ1) is 18.7. The van der Waals surface area contributed by atoms with E-state index in [-0.39, 0.29) is 63.4 Å². The molecule has 1 aromatic carbocycles. The summed E-state index contributed by atoms with van der Waals surface area (Å²) in [6.45, 7) is 1.78. The Bertz CT molecular complexity index is 1120. The van der Waals surface area contributed by atoms with E-state index in [9.17, 15) is 30.3 Å².